The third kappa shape index (κ3) is 4.74. The average Bonchev–Trinajstić information content (AvgIpc) is 3.12. The SMILES string of the molecule is O=C(CS(=O)(=O)Nc1ccccc1)c1ccc(-c2noc(C(F)(F)F)n2)cc1. The van der Waals surface area contributed by atoms with E-state index >= 15 is 0 Å². The minimum absolute atomic E-state index is 0.0710. The molecule has 0 aliphatic rings. The van der Waals surface area contributed by atoms with Crippen LogP contribution in [0.2, 0.25) is 0 Å². The van der Waals surface area contributed by atoms with Crippen molar-refractivity contribution in [2.45, 2.75) is 6.18 Å². The molecule has 2 aromatic carbocycles. The van der Waals surface area contributed by atoms with Crippen LogP contribution >= 0.6 is 0 Å². The molecule has 0 spiro atoms. The number of nitrogens with zero attached hydrogens (tertiary/aromatic N) is 2. The smallest absolute Gasteiger partial charge is 0.329 e. The standard InChI is InChI=1S/C17H12F3N3O4S/c18-17(19,20)16-21-15(22-27-16)12-8-6-11(7-9-12)14(24)10-28(25,26)23-13-4-2-1-3-5-13/h1-9,23H,10H2. The molecule has 0 saturated heterocycles. The van der Waals surface area contributed by atoms with Gasteiger partial charge in [0.1, 0.15) is 5.75 Å². The zero-order valence-electron chi connectivity index (χ0n) is 14.0. The number of sulfonamides is 1. The van der Waals surface area contributed by atoms with Crippen LogP contribution in [0.3, 0.4) is 0 Å². The Morgan fingerprint density at radius 3 is 2.25 bits per heavy atom. The summed E-state index contributed by atoms with van der Waals surface area (Å²) in [6.45, 7) is 0. The maximum atomic E-state index is 12.5. The van der Waals surface area contributed by atoms with E-state index in [1.807, 2.05) is 0 Å². The molecule has 1 heterocycles. The first-order valence-corrected chi connectivity index (χ1v) is 9.39. The Bertz CT molecular complexity index is 1080. The Labute approximate surface area is 157 Å². The van der Waals surface area contributed by atoms with Crippen molar-refractivity contribution in [3.8, 4) is 11.4 Å². The van der Waals surface area contributed by atoms with E-state index < -0.39 is 33.6 Å². The van der Waals surface area contributed by atoms with E-state index in [2.05, 4.69) is 19.4 Å². The number of halogens is 3. The van der Waals surface area contributed by atoms with Gasteiger partial charge in [-0.1, -0.05) is 47.6 Å². The topological polar surface area (TPSA) is 102 Å². The van der Waals surface area contributed by atoms with Crippen LogP contribution in [0.1, 0.15) is 16.2 Å². The van der Waals surface area contributed by atoms with Gasteiger partial charge in [0.05, 0.1) is 0 Å². The Hall–Kier alpha value is -3.21. The van der Waals surface area contributed by atoms with Gasteiger partial charge in [-0.2, -0.15) is 18.2 Å². The molecule has 0 aliphatic carbocycles. The zero-order chi connectivity index (χ0) is 20.4. The number of hydrogen-bond acceptors (Lipinski definition) is 6. The number of nitrogens with one attached hydrogen (secondary N) is 1. The maximum Gasteiger partial charge on any atom is 0.471 e. The number of carbonyl (C=O) groups excluding carboxylic acids is 1. The van der Waals surface area contributed by atoms with Gasteiger partial charge in [-0.05, 0) is 12.1 Å². The van der Waals surface area contributed by atoms with Crippen LogP contribution in [0.15, 0.2) is 59.1 Å². The molecule has 0 amide bonds. The minimum atomic E-state index is -4.76. The number of para-hydroxylation sites is 1. The molecule has 1 N–H and O–H groups in total. The first-order chi connectivity index (χ1) is 13.1. The zero-order valence-corrected chi connectivity index (χ0v) is 14.8. The maximum absolute atomic E-state index is 12.5. The third-order valence-electron chi connectivity index (χ3n) is 3.50. The molecule has 0 fully saturated rings. The van der Waals surface area contributed by atoms with Crippen molar-refractivity contribution in [3.63, 3.8) is 0 Å². The first-order valence-electron chi connectivity index (χ1n) is 7.74. The summed E-state index contributed by atoms with van der Waals surface area (Å²) in [5.41, 5.74) is 0.575. The fourth-order valence-corrected chi connectivity index (χ4v) is 3.32. The van der Waals surface area contributed by atoms with Gasteiger partial charge in [0.2, 0.25) is 15.8 Å². The fourth-order valence-electron chi connectivity index (χ4n) is 2.24. The molecule has 0 saturated carbocycles. The van der Waals surface area contributed by atoms with Crippen molar-refractivity contribution in [1.82, 2.24) is 10.1 Å². The highest BCUT2D eigenvalue weighted by atomic mass is 32.2. The van der Waals surface area contributed by atoms with Crippen molar-refractivity contribution in [1.29, 1.82) is 0 Å². The summed E-state index contributed by atoms with van der Waals surface area (Å²) >= 11 is 0. The number of carbonyl (C=O) groups is 1. The van der Waals surface area contributed by atoms with Crippen LogP contribution in [-0.2, 0) is 16.2 Å². The van der Waals surface area contributed by atoms with Crippen LogP contribution in [0.5, 0.6) is 0 Å². The quantitative estimate of drug-likeness (QED) is 0.624. The van der Waals surface area contributed by atoms with Crippen molar-refractivity contribution < 1.29 is 30.9 Å². The molecule has 0 bridgehead atoms. The van der Waals surface area contributed by atoms with Crippen molar-refractivity contribution in [3.05, 3.63) is 66.1 Å². The number of aromatic nitrogens is 2. The van der Waals surface area contributed by atoms with Gasteiger partial charge in [-0.25, -0.2) is 8.42 Å². The lowest BCUT2D eigenvalue weighted by Gasteiger charge is -2.07. The summed E-state index contributed by atoms with van der Waals surface area (Å²) in [6.07, 6.45) is -4.76. The molecule has 0 aliphatic heterocycles. The average molecular weight is 411 g/mol. The molecule has 7 nitrogen and oxygen atoms in total. The van der Waals surface area contributed by atoms with Gasteiger partial charge < -0.3 is 4.52 Å². The lowest BCUT2D eigenvalue weighted by molar-refractivity contribution is -0.159. The molecular formula is C17H12F3N3O4S. The predicted molar refractivity (Wildman–Crippen MR) is 92.9 cm³/mol. The van der Waals surface area contributed by atoms with E-state index in [4.69, 9.17) is 0 Å². The van der Waals surface area contributed by atoms with Crippen LogP contribution in [0.4, 0.5) is 18.9 Å². The second-order valence-electron chi connectivity index (χ2n) is 5.65. The number of ketones is 1. The summed E-state index contributed by atoms with van der Waals surface area (Å²) in [7, 11) is -3.92. The highest BCUT2D eigenvalue weighted by Gasteiger charge is 2.38. The molecule has 0 atom stereocenters. The molecule has 28 heavy (non-hydrogen) atoms. The van der Waals surface area contributed by atoms with Crippen molar-refractivity contribution in [2.24, 2.45) is 0 Å². The van der Waals surface area contributed by atoms with Gasteiger partial charge in [0, 0.05) is 16.8 Å². The van der Waals surface area contributed by atoms with E-state index in [0.717, 1.165) is 0 Å². The Kier molecular flexibility index (Phi) is 5.18. The highest BCUT2D eigenvalue weighted by Crippen LogP contribution is 2.29. The summed E-state index contributed by atoms with van der Waals surface area (Å²) in [4.78, 5) is 15.5. The lowest BCUT2D eigenvalue weighted by atomic mass is 10.1. The van der Waals surface area contributed by atoms with E-state index in [0.29, 0.717) is 5.69 Å². The first kappa shape index (κ1) is 19.5. The fraction of sp³-hybridized carbons (Fsp3) is 0.118. The predicted octanol–water partition coefficient (Wildman–Crippen LogP) is 3.38. The molecule has 11 heteroatoms. The van der Waals surface area contributed by atoms with Gasteiger partial charge in [0.15, 0.2) is 5.78 Å². The van der Waals surface area contributed by atoms with Crippen LogP contribution in [0, 0.1) is 0 Å². The largest absolute Gasteiger partial charge is 0.471 e. The second kappa shape index (κ2) is 7.43. The normalized spacial score (nSPS) is 12.0. The summed E-state index contributed by atoms with van der Waals surface area (Å²) in [6, 6.07) is 13.2. The molecule has 3 aromatic rings. The number of rotatable bonds is 6. The van der Waals surface area contributed by atoms with E-state index in [1.54, 1.807) is 18.2 Å². The van der Waals surface area contributed by atoms with Gasteiger partial charge >= 0.3 is 12.1 Å². The number of alkyl halides is 3. The van der Waals surface area contributed by atoms with E-state index in [-0.39, 0.29) is 17.0 Å². The lowest BCUT2D eigenvalue weighted by Crippen LogP contribution is -2.22. The molecule has 1 aromatic heterocycles. The van der Waals surface area contributed by atoms with Crippen molar-refractivity contribution in [2.75, 3.05) is 10.5 Å². The van der Waals surface area contributed by atoms with Crippen LogP contribution in [-0.4, -0.2) is 30.1 Å². The molecule has 3 rings (SSSR count). The Morgan fingerprint density at radius 1 is 1.04 bits per heavy atom. The summed E-state index contributed by atoms with van der Waals surface area (Å²) < 4.78 is 68.1. The molecule has 0 radical (unpaired) electrons. The van der Waals surface area contributed by atoms with Crippen LogP contribution < -0.4 is 4.72 Å². The monoisotopic (exact) mass is 411 g/mol. The third-order valence-corrected chi connectivity index (χ3v) is 4.69. The van der Waals surface area contributed by atoms with Gasteiger partial charge in [-0.3, -0.25) is 9.52 Å². The van der Waals surface area contributed by atoms with E-state index in [9.17, 15) is 26.4 Å². The molecule has 146 valence electrons. The highest BCUT2D eigenvalue weighted by molar-refractivity contribution is 7.93. The van der Waals surface area contributed by atoms with E-state index in [1.165, 1.54) is 36.4 Å². The van der Waals surface area contributed by atoms with Gasteiger partial charge in [0.25, 0.3) is 0 Å². The summed E-state index contributed by atoms with van der Waals surface area (Å²) in [5.74, 6) is -3.26. The second-order valence-corrected chi connectivity index (χ2v) is 7.37. The Morgan fingerprint density at radius 2 is 1.68 bits per heavy atom. The van der Waals surface area contributed by atoms with Gasteiger partial charge in [-0.15, -0.1) is 0 Å². The number of hydrogen-bond donors (Lipinski definition) is 1. The van der Waals surface area contributed by atoms with Crippen LogP contribution in [0.25, 0.3) is 11.4 Å². The number of Topliss-reactive ketones (excluding diaryl/α,β-unsaturated/α-hetero) is 1. The minimum Gasteiger partial charge on any atom is -0.329 e. The molecular weight excluding hydrogens is 399 g/mol. The number of benzene rings is 2. The number of anilines is 1. The Balaban J connectivity index is 1.71. The van der Waals surface area contributed by atoms with Crippen molar-refractivity contribution >= 4 is 21.5 Å². The summed E-state index contributed by atoms with van der Waals surface area (Å²) in [5, 5.41) is 3.24. The molecule has 0 unspecified atom stereocenters.